The molecular formula is C29H32Cl3N3O4S. The molecule has 3 aromatic carbocycles. The highest BCUT2D eigenvalue weighted by Crippen LogP contribution is 2.30. The van der Waals surface area contributed by atoms with E-state index in [0.717, 1.165) is 4.31 Å². The number of anilines is 1. The van der Waals surface area contributed by atoms with Crippen LogP contribution < -0.4 is 9.62 Å². The number of hydrogen-bond acceptors (Lipinski definition) is 4. The summed E-state index contributed by atoms with van der Waals surface area (Å²) in [6.45, 7) is 6.63. The SMILES string of the molecule is CC[C@H](C(=O)NC(C)C)N(Cc1ccc(Cl)c(Cl)c1)C(=O)CN(c1ccc(Cl)cc1C)S(=O)(=O)c1ccccc1. The Kier molecular flexibility index (Phi) is 10.9. The molecule has 7 nitrogen and oxygen atoms in total. The maximum atomic E-state index is 14.1. The van der Waals surface area contributed by atoms with Crippen molar-refractivity contribution in [2.75, 3.05) is 10.8 Å². The van der Waals surface area contributed by atoms with Crippen LogP contribution in [0.5, 0.6) is 0 Å². The first-order valence-corrected chi connectivity index (χ1v) is 15.3. The molecule has 0 saturated heterocycles. The van der Waals surface area contributed by atoms with E-state index in [-0.39, 0.29) is 23.4 Å². The van der Waals surface area contributed by atoms with E-state index in [9.17, 15) is 18.0 Å². The molecule has 0 spiro atoms. The van der Waals surface area contributed by atoms with Gasteiger partial charge in [0.15, 0.2) is 0 Å². The molecule has 0 heterocycles. The van der Waals surface area contributed by atoms with Crippen LogP contribution in [0.4, 0.5) is 5.69 Å². The lowest BCUT2D eigenvalue weighted by molar-refractivity contribution is -0.140. The minimum Gasteiger partial charge on any atom is -0.352 e. The van der Waals surface area contributed by atoms with E-state index < -0.39 is 28.5 Å². The van der Waals surface area contributed by atoms with Crippen molar-refractivity contribution in [1.82, 2.24) is 10.2 Å². The molecule has 214 valence electrons. The molecule has 2 amide bonds. The monoisotopic (exact) mass is 623 g/mol. The summed E-state index contributed by atoms with van der Waals surface area (Å²) in [5.74, 6) is -0.906. The van der Waals surface area contributed by atoms with Gasteiger partial charge in [-0.05, 0) is 80.8 Å². The van der Waals surface area contributed by atoms with Gasteiger partial charge in [0.05, 0.1) is 20.6 Å². The second kappa shape index (κ2) is 13.7. The van der Waals surface area contributed by atoms with Crippen LogP contribution in [0.1, 0.15) is 38.3 Å². The molecular weight excluding hydrogens is 593 g/mol. The van der Waals surface area contributed by atoms with Gasteiger partial charge < -0.3 is 10.2 Å². The second-order valence-corrected chi connectivity index (χ2v) is 12.7. The first-order chi connectivity index (χ1) is 18.8. The third-order valence-corrected chi connectivity index (χ3v) is 8.94. The van der Waals surface area contributed by atoms with Crippen LogP contribution in [-0.2, 0) is 26.2 Å². The van der Waals surface area contributed by atoms with E-state index in [0.29, 0.717) is 38.3 Å². The summed E-state index contributed by atoms with van der Waals surface area (Å²) in [6.07, 6.45) is 0.303. The smallest absolute Gasteiger partial charge is 0.264 e. The van der Waals surface area contributed by atoms with E-state index >= 15 is 0 Å². The summed E-state index contributed by atoms with van der Waals surface area (Å²) in [6, 6.07) is 16.6. The van der Waals surface area contributed by atoms with Crippen molar-refractivity contribution in [2.24, 2.45) is 0 Å². The quantitative estimate of drug-likeness (QED) is 0.265. The van der Waals surface area contributed by atoms with Gasteiger partial charge in [-0.15, -0.1) is 0 Å². The second-order valence-electron chi connectivity index (χ2n) is 9.61. The van der Waals surface area contributed by atoms with Crippen LogP contribution in [0.15, 0.2) is 71.6 Å². The molecule has 1 N–H and O–H groups in total. The highest BCUT2D eigenvalue weighted by molar-refractivity contribution is 7.92. The standard InChI is InChI=1S/C29H32Cl3N3O4S/c1-5-26(29(37)33-19(2)3)34(17-21-11-13-24(31)25(32)16-21)28(36)18-35(27-14-12-22(30)15-20(27)4)40(38,39)23-9-7-6-8-10-23/h6-16,19,26H,5,17-18H2,1-4H3,(H,33,37)/t26-/m1/s1. The Morgan fingerprint density at radius 1 is 0.925 bits per heavy atom. The predicted octanol–water partition coefficient (Wildman–Crippen LogP) is 6.48. The molecule has 1 atom stereocenters. The maximum absolute atomic E-state index is 14.1. The number of sulfonamides is 1. The number of nitrogens with zero attached hydrogens (tertiary/aromatic N) is 2. The molecule has 0 saturated carbocycles. The van der Waals surface area contributed by atoms with Gasteiger partial charge in [-0.1, -0.05) is 66.0 Å². The number of aryl methyl sites for hydroxylation is 1. The molecule has 0 aromatic heterocycles. The number of hydrogen-bond donors (Lipinski definition) is 1. The van der Waals surface area contributed by atoms with Gasteiger partial charge in [-0.2, -0.15) is 0 Å². The highest BCUT2D eigenvalue weighted by Gasteiger charge is 2.34. The fourth-order valence-electron chi connectivity index (χ4n) is 4.27. The van der Waals surface area contributed by atoms with Crippen molar-refractivity contribution in [2.45, 2.75) is 57.6 Å². The number of nitrogens with one attached hydrogen (secondary N) is 1. The van der Waals surface area contributed by atoms with Crippen LogP contribution in [0.3, 0.4) is 0 Å². The third-order valence-electron chi connectivity index (χ3n) is 6.19. The molecule has 3 rings (SSSR count). The number of benzene rings is 3. The summed E-state index contributed by atoms with van der Waals surface area (Å²) >= 11 is 18.5. The average Bonchev–Trinajstić information content (AvgIpc) is 2.89. The summed E-state index contributed by atoms with van der Waals surface area (Å²) < 4.78 is 28.9. The van der Waals surface area contributed by atoms with Crippen molar-refractivity contribution in [3.63, 3.8) is 0 Å². The fourth-order valence-corrected chi connectivity index (χ4v) is 6.31. The number of carbonyl (C=O) groups excluding carboxylic acids is 2. The normalized spacial score (nSPS) is 12.2. The van der Waals surface area contributed by atoms with Crippen LogP contribution in [-0.4, -0.2) is 43.8 Å². The molecule has 0 aliphatic heterocycles. The topological polar surface area (TPSA) is 86.8 Å². The summed E-state index contributed by atoms with van der Waals surface area (Å²) in [5.41, 5.74) is 1.51. The summed E-state index contributed by atoms with van der Waals surface area (Å²) in [4.78, 5) is 28.7. The molecule has 40 heavy (non-hydrogen) atoms. The van der Waals surface area contributed by atoms with Gasteiger partial charge in [-0.3, -0.25) is 13.9 Å². The zero-order chi connectivity index (χ0) is 29.6. The van der Waals surface area contributed by atoms with Crippen LogP contribution in [0, 0.1) is 6.92 Å². The largest absolute Gasteiger partial charge is 0.352 e. The lowest BCUT2D eigenvalue weighted by atomic mass is 10.1. The summed E-state index contributed by atoms with van der Waals surface area (Å²) in [5, 5.41) is 3.95. The van der Waals surface area contributed by atoms with Gasteiger partial charge >= 0.3 is 0 Å². The lowest BCUT2D eigenvalue weighted by Gasteiger charge is -2.34. The molecule has 0 aliphatic carbocycles. The molecule has 0 unspecified atom stereocenters. The maximum Gasteiger partial charge on any atom is 0.264 e. The molecule has 11 heteroatoms. The number of halogens is 3. The van der Waals surface area contributed by atoms with Gasteiger partial charge in [0.2, 0.25) is 11.8 Å². The first-order valence-electron chi connectivity index (χ1n) is 12.7. The number of amides is 2. The molecule has 0 aliphatic rings. The van der Waals surface area contributed by atoms with Crippen molar-refractivity contribution >= 4 is 62.3 Å². The fraction of sp³-hybridized carbons (Fsp3) is 0.310. The molecule has 0 fully saturated rings. The van der Waals surface area contributed by atoms with Crippen molar-refractivity contribution in [1.29, 1.82) is 0 Å². The van der Waals surface area contributed by atoms with E-state index in [1.807, 2.05) is 13.8 Å². The van der Waals surface area contributed by atoms with Crippen LogP contribution >= 0.6 is 34.8 Å². The van der Waals surface area contributed by atoms with E-state index in [1.165, 1.54) is 17.0 Å². The Morgan fingerprint density at radius 3 is 2.17 bits per heavy atom. The highest BCUT2D eigenvalue weighted by atomic mass is 35.5. The Balaban J connectivity index is 2.10. The third kappa shape index (κ3) is 7.69. The Bertz CT molecular complexity index is 1470. The number of carbonyl (C=O) groups is 2. The van der Waals surface area contributed by atoms with Crippen molar-refractivity contribution < 1.29 is 18.0 Å². The van der Waals surface area contributed by atoms with Crippen molar-refractivity contribution in [3.05, 3.63) is 92.9 Å². The molecule has 0 radical (unpaired) electrons. The van der Waals surface area contributed by atoms with Crippen molar-refractivity contribution in [3.8, 4) is 0 Å². The number of rotatable bonds is 11. The Morgan fingerprint density at radius 2 is 1.60 bits per heavy atom. The Hall–Kier alpha value is -2.78. The minimum absolute atomic E-state index is 0.0125. The van der Waals surface area contributed by atoms with E-state index in [2.05, 4.69) is 5.32 Å². The minimum atomic E-state index is -4.17. The summed E-state index contributed by atoms with van der Waals surface area (Å²) in [7, 11) is -4.17. The van der Waals surface area contributed by atoms with Crippen LogP contribution in [0.25, 0.3) is 0 Å². The van der Waals surface area contributed by atoms with Gasteiger partial charge in [0, 0.05) is 17.6 Å². The van der Waals surface area contributed by atoms with E-state index in [1.54, 1.807) is 68.4 Å². The molecule has 3 aromatic rings. The van der Waals surface area contributed by atoms with Gasteiger partial charge in [0.1, 0.15) is 12.6 Å². The van der Waals surface area contributed by atoms with E-state index in [4.69, 9.17) is 34.8 Å². The zero-order valence-electron chi connectivity index (χ0n) is 22.7. The average molecular weight is 625 g/mol. The Labute approximate surface area is 251 Å². The van der Waals surface area contributed by atoms with Gasteiger partial charge in [0.25, 0.3) is 10.0 Å². The van der Waals surface area contributed by atoms with Gasteiger partial charge in [-0.25, -0.2) is 8.42 Å². The zero-order valence-corrected chi connectivity index (χ0v) is 25.8. The first kappa shape index (κ1) is 31.7. The predicted molar refractivity (Wildman–Crippen MR) is 162 cm³/mol. The molecule has 0 bridgehead atoms. The van der Waals surface area contributed by atoms with Crippen LogP contribution in [0.2, 0.25) is 15.1 Å². The lowest BCUT2D eigenvalue weighted by Crippen LogP contribution is -2.53.